The summed E-state index contributed by atoms with van der Waals surface area (Å²) in [5, 5.41) is 0. The number of carbonyl (C=O) groups is 1. The van der Waals surface area contributed by atoms with E-state index in [0.717, 1.165) is 17.2 Å². The van der Waals surface area contributed by atoms with Gasteiger partial charge in [-0.1, -0.05) is 49.0 Å². The van der Waals surface area contributed by atoms with Crippen LogP contribution in [0.4, 0.5) is 0 Å². The second kappa shape index (κ2) is 5.68. The molecule has 0 radical (unpaired) electrons. The van der Waals surface area contributed by atoms with Gasteiger partial charge in [0, 0.05) is 6.08 Å². The van der Waals surface area contributed by atoms with Crippen LogP contribution in [0.2, 0.25) is 0 Å². The molecule has 18 heavy (non-hydrogen) atoms. The maximum atomic E-state index is 10.9. The molecule has 2 aromatic rings. The van der Waals surface area contributed by atoms with Gasteiger partial charge in [-0.15, -0.1) is 0 Å². The second-order valence-corrected chi connectivity index (χ2v) is 3.58. The molecule has 90 valence electrons. The fraction of sp³-hybridized carbons (Fsp3) is 0. The maximum Gasteiger partial charge on any atom is 0.378 e. The maximum absolute atomic E-state index is 10.9. The van der Waals surface area contributed by atoms with Crippen LogP contribution in [0, 0.1) is 0 Å². The Morgan fingerprint density at radius 3 is 2.44 bits per heavy atom. The van der Waals surface area contributed by atoms with Crippen LogP contribution in [-0.4, -0.2) is 5.97 Å². The molecule has 0 aliphatic rings. The highest BCUT2D eigenvalue weighted by Gasteiger charge is 2.02. The average Bonchev–Trinajstić information content (AvgIpc) is 2.46. The molecule has 0 atom stereocenters. The van der Waals surface area contributed by atoms with Crippen LogP contribution < -0.4 is 4.89 Å². The molecule has 0 amide bonds. The Hall–Kier alpha value is -2.55. The third kappa shape index (κ3) is 2.98. The molecule has 0 aliphatic heterocycles. The summed E-state index contributed by atoms with van der Waals surface area (Å²) >= 11 is 0. The van der Waals surface area contributed by atoms with Crippen LogP contribution in [0.3, 0.4) is 0 Å². The van der Waals surface area contributed by atoms with Crippen LogP contribution >= 0.6 is 0 Å². The summed E-state index contributed by atoms with van der Waals surface area (Å²) in [7, 11) is 0. The van der Waals surface area contributed by atoms with Crippen molar-refractivity contribution < 1.29 is 14.6 Å². The number of benzene rings is 2. The minimum atomic E-state index is -0.625. The molecule has 0 saturated carbocycles. The Kier molecular flexibility index (Phi) is 3.76. The SMILES string of the molecule is C=CC(=O)OOc1cccc(-c2ccccc2)c1. The molecular formula is C15H12O3. The van der Waals surface area contributed by atoms with E-state index in [0.29, 0.717) is 5.75 Å². The summed E-state index contributed by atoms with van der Waals surface area (Å²) in [5.74, 6) is -0.160. The van der Waals surface area contributed by atoms with Gasteiger partial charge in [0.2, 0.25) is 0 Å². The van der Waals surface area contributed by atoms with Gasteiger partial charge in [-0.25, -0.2) is 9.68 Å². The first-order valence-electron chi connectivity index (χ1n) is 5.46. The third-order valence-electron chi connectivity index (χ3n) is 2.33. The van der Waals surface area contributed by atoms with Gasteiger partial charge in [0.15, 0.2) is 5.75 Å². The van der Waals surface area contributed by atoms with E-state index in [1.165, 1.54) is 0 Å². The molecule has 0 aliphatic carbocycles. The molecule has 0 aromatic heterocycles. The van der Waals surface area contributed by atoms with Crippen molar-refractivity contribution in [3.8, 4) is 16.9 Å². The molecule has 0 fully saturated rings. The lowest BCUT2D eigenvalue weighted by molar-refractivity contribution is -0.207. The Bertz CT molecular complexity index is 547. The molecule has 0 unspecified atom stereocenters. The molecule has 2 aromatic carbocycles. The van der Waals surface area contributed by atoms with E-state index >= 15 is 0 Å². The first kappa shape index (κ1) is 11.9. The molecule has 2 rings (SSSR count). The standard InChI is InChI=1S/C15H12O3/c1-2-15(16)18-17-14-10-6-9-13(11-14)12-7-4-3-5-8-12/h2-11H,1H2. The first-order chi connectivity index (χ1) is 8.79. The molecule has 0 heterocycles. The van der Waals surface area contributed by atoms with Gasteiger partial charge < -0.3 is 0 Å². The van der Waals surface area contributed by atoms with Crippen LogP contribution in [0.5, 0.6) is 5.75 Å². The summed E-state index contributed by atoms with van der Waals surface area (Å²) in [6, 6.07) is 17.2. The summed E-state index contributed by atoms with van der Waals surface area (Å²) in [6.07, 6.45) is 1.04. The van der Waals surface area contributed by atoms with E-state index in [1.807, 2.05) is 42.5 Å². The van der Waals surface area contributed by atoms with Crippen molar-refractivity contribution in [1.82, 2.24) is 0 Å². The van der Waals surface area contributed by atoms with Crippen molar-refractivity contribution in [1.29, 1.82) is 0 Å². The average molecular weight is 240 g/mol. The monoisotopic (exact) mass is 240 g/mol. The lowest BCUT2D eigenvalue weighted by atomic mass is 10.1. The fourth-order valence-electron chi connectivity index (χ4n) is 1.48. The van der Waals surface area contributed by atoms with E-state index in [-0.39, 0.29) is 0 Å². The quantitative estimate of drug-likeness (QED) is 0.467. The minimum absolute atomic E-state index is 0.464. The van der Waals surface area contributed by atoms with E-state index in [1.54, 1.807) is 12.1 Å². The number of rotatable bonds is 4. The van der Waals surface area contributed by atoms with Crippen molar-refractivity contribution in [2.24, 2.45) is 0 Å². The van der Waals surface area contributed by atoms with Crippen LogP contribution in [0.1, 0.15) is 0 Å². The molecule has 0 spiro atoms. The van der Waals surface area contributed by atoms with E-state index < -0.39 is 5.97 Å². The lowest BCUT2D eigenvalue weighted by Gasteiger charge is -2.05. The first-order valence-corrected chi connectivity index (χ1v) is 5.46. The Morgan fingerprint density at radius 1 is 1.00 bits per heavy atom. The van der Waals surface area contributed by atoms with E-state index in [2.05, 4.69) is 11.5 Å². The van der Waals surface area contributed by atoms with Gasteiger partial charge in [-0.2, -0.15) is 0 Å². The highest BCUT2D eigenvalue weighted by molar-refractivity contribution is 5.80. The van der Waals surface area contributed by atoms with Crippen LogP contribution in [-0.2, 0) is 9.68 Å². The zero-order chi connectivity index (χ0) is 12.8. The molecule has 3 nitrogen and oxygen atoms in total. The molecule has 0 saturated heterocycles. The topological polar surface area (TPSA) is 35.5 Å². The molecular weight excluding hydrogens is 228 g/mol. The highest BCUT2D eigenvalue weighted by Crippen LogP contribution is 2.23. The molecule has 3 heteroatoms. The van der Waals surface area contributed by atoms with Crippen molar-refractivity contribution in [3.63, 3.8) is 0 Å². The second-order valence-electron chi connectivity index (χ2n) is 3.58. The van der Waals surface area contributed by atoms with Gasteiger partial charge in [0.25, 0.3) is 0 Å². The molecule has 0 N–H and O–H groups in total. The van der Waals surface area contributed by atoms with E-state index in [9.17, 15) is 4.79 Å². The zero-order valence-electron chi connectivity index (χ0n) is 9.71. The summed E-state index contributed by atoms with van der Waals surface area (Å²) in [4.78, 5) is 20.3. The summed E-state index contributed by atoms with van der Waals surface area (Å²) in [6.45, 7) is 3.28. The fourth-order valence-corrected chi connectivity index (χ4v) is 1.48. The van der Waals surface area contributed by atoms with Crippen molar-refractivity contribution in [2.75, 3.05) is 0 Å². The highest BCUT2D eigenvalue weighted by atomic mass is 17.2. The van der Waals surface area contributed by atoms with Crippen LogP contribution in [0.25, 0.3) is 11.1 Å². The Morgan fingerprint density at radius 2 is 1.72 bits per heavy atom. The largest absolute Gasteiger partial charge is 0.378 e. The Balaban J connectivity index is 2.15. The summed E-state index contributed by atoms with van der Waals surface area (Å²) < 4.78 is 0. The normalized spacial score (nSPS) is 9.56. The van der Waals surface area contributed by atoms with E-state index in [4.69, 9.17) is 4.89 Å². The smallest absolute Gasteiger partial charge is 0.287 e. The Labute approximate surface area is 105 Å². The van der Waals surface area contributed by atoms with Crippen molar-refractivity contribution in [2.45, 2.75) is 0 Å². The summed E-state index contributed by atoms with van der Waals surface area (Å²) in [5.41, 5.74) is 2.06. The minimum Gasteiger partial charge on any atom is -0.287 e. The van der Waals surface area contributed by atoms with Gasteiger partial charge in [-0.05, 0) is 23.3 Å². The number of hydrogen-bond donors (Lipinski definition) is 0. The van der Waals surface area contributed by atoms with Gasteiger partial charge in [0.05, 0.1) is 0 Å². The van der Waals surface area contributed by atoms with Crippen LogP contribution in [0.15, 0.2) is 67.3 Å². The van der Waals surface area contributed by atoms with Gasteiger partial charge in [0.1, 0.15) is 0 Å². The zero-order valence-corrected chi connectivity index (χ0v) is 9.71. The number of carbonyl (C=O) groups excluding carboxylic acids is 1. The van der Waals surface area contributed by atoms with Gasteiger partial charge >= 0.3 is 5.97 Å². The number of hydrogen-bond acceptors (Lipinski definition) is 3. The predicted molar refractivity (Wildman–Crippen MR) is 68.8 cm³/mol. The van der Waals surface area contributed by atoms with Crippen molar-refractivity contribution in [3.05, 3.63) is 67.3 Å². The van der Waals surface area contributed by atoms with Gasteiger partial charge in [-0.3, -0.25) is 4.89 Å². The predicted octanol–water partition coefficient (Wildman–Crippen LogP) is 3.38. The van der Waals surface area contributed by atoms with Crippen molar-refractivity contribution >= 4 is 5.97 Å². The lowest BCUT2D eigenvalue weighted by Crippen LogP contribution is -2.03. The third-order valence-corrected chi connectivity index (χ3v) is 2.33. The molecule has 0 bridgehead atoms.